The van der Waals surface area contributed by atoms with Crippen LogP contribution in [0.25, 0.3) is 0 Å². The SMILES string of the molecule is CC(C)[C@@H](/C=C/C(=O)N1CCc2ccccc21)NC(=O)OC(C)(C)C. The topological polar surface area (TPSA) is 58.6 Å². The van der Waals surface area contributed by atoms with Gasteiger partial charge in [0, 0.05) is 18.3 Å². The molecule has 1 heterocycles. The third-order valence-corrected chi connectivity index (χ3v) is 4.00. The van der Waals surface area contributed by atoms with Crippen molar-refractivity contribution in [3.63, 3.8) is 0 Å². The number of para-hydroxylation sites is 1. The summed E-state index contributed by atoms with van der Waals surface area (Å²) in [5.41, 5.74) is 1.61. The van der Waals surface area contributed by atoms with Crippen molar-refractivity contribution in [2.24, 2.45) is 5.92 Å². The van der Waals surface area contributed by atoms with Crippen molar-refractivity contribution in [3.8, 4) is 0 Å². The molecule has 25 heavy (non-hydrogen) atoms. The van der Waals surface area contributed by atoms with Crippen molar-refractivity contribution in [2.45, 2.75) is 52.7 Å². The van der Waals surface area contributed by atoms with Gasteiger partial charge in [-0.1, -0.05) is 38.1 Å². The molecule has 0 saturated carbocycles. The van der Waals surface area contributed by atoms with E-state index in [2.05, 4.69) is 5.32 Å². The number of hydrogen-bond acceptors (Lipinski definition) is 3. The van der Waals surface area contributed by atoms with E-state index in [4.69, 9.17) is 4.74 Å². The fourth-order valence-corrected chi connectivity index (χ4v) is 2.72. The Labute approximate surface area is 150 Å². The molecule has 0 unspecified atom stereocenters. The summed E-state index contributed by atoms with van der Waals surface area (Å²) in [5.74, 6) is 0.0732. The van der Waals surface area contributed by atoms with Crippen LogP contribution in [0.15, 0.2) is 36.4 Å². The fraction of sp³-hybridized carbons (Fsp3) is 0.500. The highest BCUT2D eigenvalue weighted by molar-refractivity contribution is 6.02. The van der Waals surface area contributed by atoms with Crippen molar-refractivity contribution in [1.29, 1.82) is 0 Å². The van der Waals surface area contributed by atoms with E-state index in [1.54, 1.807) is 17.1 Å². The van der Waals surface area contributed by atoms with Gasteiger partial charge in [0.15, 0.2) is 0 Å². The van der Waals surface area contributed by atoms with Crippen molar-refractivity contribution >= 4 is 17.7 Å². The molecule has 2 amide bonds. The predicted molar refractivity (Wildman–Crippen MR) is 99.6 cm³/mol. The quantitative estimate of drug-likeness (QED) is 0.848. The van der Waals surface area contributed by atoms with Gasteiger partial charge in [0.25, 0.3) is 5.91 Å². The standard InChI is InChI=1S/C20H28N2O3/c1-14(2)16(21-19(24)25-20(3,4)5)10-11-18(23)22-13-12-15-8-6-7-9-17(15)22/h6-11,14,16H,12-13H2,1-5H3,(H,21,24)/b11-10+/t16-/m1/s1. The zero-order valence-corrected chi connectivity index (χ0v) is 15.7. The van der Waals surface area contributed by atoms with Crippen molar-refractivity contribution in [2.75, 3.05) is 11.4 Å². The second-order valence-corrected chi connectivity index (χ2v) is 7.64. The van der Waals surface area contributed by atoms with Crippen LogP contribution < -0.4 is 10.2 Å². The first-order valence-electron chi connectivity index (χ1n) is 8.74. The monoisotopic (exact) mass is 344 g/mol. The second kappa shape index (κ2) is 7.72. The van der Waals surface area contributed by atoms with Gasteiger partial charge in [0.2, 0.25) is 0 Å². The summed E-state index contributed by atoms with van der Waals surface area (Å²) in [5, 5.41) is 2.82. The predicted octanol–water partition coefficient (Wildman–Crippen LogP) is 3.68. The largest absolute Gasteiger partial charge is 0.444 e. The van der Waals surface area contributed by atoms with Gasteiger partial charge in [-0.25, -0.2) is 4.79 Å². The summed E-state index contributed by atoms with van der Waals surface area (Å²) >= 11 is 0. The molecule has 0 aromatic heterocycles. The molecule has 1 N–H and O–H groups in total. The van der Waals surface area contributed by atoms with Gasteiger partial charge in [-0.2, -0.15) is 0 Å². The minimum Gasteiger partial charge on any atom is -0.444 e. The molecule has 0 saturated heterocycles. The lowest BCUT2D eigenvalue weighted by Gasteiger charge is -2.24. The number of carbonyl (C=O) groups excluding carboxylic acids is 2. The van der Waals surface area contributed by atoms with E-state index in [0.717, 1.165) is 12.1 Å². The van der Waals surface area contributed by atoms with E-state index in [-0.39, 0.29) is 17.9 Å². The highest BCUT2D eigenvalue weighted by atomic mass is 16.6. The average molecular weight is 344 g/mol. The Hall–Kier alpha value is -2.30. The van der Waals surface area contributed by atoms with Gasteiger partial charge in [0.05, 0.1) is 6.04 Å². The van der Waals surface area contributed by atoms with E-state index >= 15 is 0 Å². The molecule has 1 atom stereocenters. The van der Waals surface area contributed by atoms with Crippen LogP contribution in [0.5, 0.6) is 0 Å². The van der Waals surface area contributed by atoms with Crippen molar-refractivity contribution in [3.05, 3.63) is 42.0 Å². The van der Waals surface area contributed by atoms with Gasteiger partial charge < -0.3 is 15.0 Å². The number of ether oxygens (including phenoxy) is 1. The summed E-state index contributed by atoms with van der Waals surface area (Å²) in [6, 6.07) is 7.68. The average Bonchev–Trinajstić information content (AvgIpc) is 2.93. The Balaban J connectivity index is 2.02. The number of nitrogens with zero attached hydrogens (tertiary/aromatic N) is 1. The van der Waals surface area contributed by atoms with Crippen molar-refractivity contribution < 1.29 is 14.3 Å². The zero-order valence-electron chi connectivity index (χ0n) is 15.7. The van der Waals surface area contributed by atoms with Crippen LogP contribution in [-0.2, 0) is 16.0 Å². The molecule has 1 aliphatic rings. The third-order valence-electron chi connectivity index (χ3n) is 4.00. The van der Waals surface area contributed by atoms with Gasteiger partial charge in [-0.3, -0.25) is 4.79 Å². The summed E-state index contributed by atoms with van der Waals surface area (Å²) < 4.78 is 5.29. The Morgan fingerprint density at radius 1 is 1.24 bits per heavy atom. The van der Waals surface area contributed by atoms with E-state index in [1.165, 1.54) is 5.56 Å². The number of fused-ring (bicyclic) bond motifs is 1. The Morgan fingerprint density at radius 3 is 2.56 bits per heavy atom. The molecule has 136 valence electrons. The molecule has 0 fully saturated rings. The molecule has 1 aromatic rings. The van der Waals surface area contributed by atoms with Crippen LogP contribution in [0.2, 0.25) is 0 Å². The molecule has 5 nitrogen and oxygen atoms in total. The number of anilines is 1. The van der Waals surface area contributed by atoms with Crippen LogP contribution in [0.3, 0.4) is 0 Å². The normalized spacial score (nSPS) is 15.4. The number of benzene rings is 1. The van der Waals surface area contributed by atoms with E-state index in [1.807, 2.05) is 58.9 Å². The Morgan fingerprint density at radius 2 is 1.92 bits per heavy atom. The first-order valence-corrected chi connectivity index (χ1v) is 8.74. The van der Waals surface area contributed by atoms with Crippen LogP contribution in [0, 0.1) is 5.92 Å². The van der Waals surface area contributed by atoms with Crippen molar-refractivity contribution in [1.82, 2.24) is 5.32 Å². The molecular formula is C20H28N2O3. The summed E-state index contributed by atoms with van der Waals surface area (Å²) in [4.78, 5) is 26.3. The Bertz CT molecular complexity index is 659. The molecule has 2 rings (SSSR count). The van der Waals surface area contributed by atoms with E-state index in [0.29, 0.717) is 6.54 Å². The van der Waals surface area contributed by atoms with Crippen LogP contribution in [0.1, 0.15) is 40.2 Å². The zero-order chi connectivity index (χ0) is 18.6. The maximum absolute atomic E-state index is 12.5. The van der Waals surface area contributed by atoms with Crippen LogP contribution in [-0.4, -0.2) is 30.2 Å². The minimum atomic E-state index is -0.551. The molecule has 0 radical (unpaired) electrons. The van der Waals surface area contributed by atoms with Crippen LogP contribution in [0.4, 0.5) is 10.5 Å². The number of amides is 2. The molecule has 0 aliphatic carbocycles. The Kier molecular flexibility index (Phi) is 5.88. The first kappa shape index (κ1) is 19.0. The van der Waals surface area contributed by atoms with Crippen LogP contribution >= 0.6 is 0 Å². The molecule has 5 heteroatoms. The number of nitrogens with one attached hydrogen (secondary N) is 1. The third kappa shape index (κ3) is 5.34. The lowest BCUT2D eigenvalue weighted by Crippen LogP contribution is -2.41. The highest BCUT2D eigenvalue weighted by Gasteiger charge is 2.24. The summed E-state index contributed by atoms with van der Waals surface area (Å²) in [7, 11) is 0. The minimum absolute atomic E-state index is 0.0680. The molecule has 0 spiro atoms. The molecular weight excluding hydrogens is 316 g/mol. The lowest BCUT2D eigenvalue weighted by molar-refractivity contribution is -0.114. The van der Waals surface area contributed by atoms with E-state index in [9.17, 15) is 9.59 Å². The fourth-order valence-electron chi connectivity index (χ4n) is 2.72. The number of rotatable bonds is 4. The van der Waals surface area contributed by atoms with Gasteiger partial charge in [0.1, 0.15) is 5.60 Å². The maximum Gasteiger partial charge on any atom is 0.408 e. The first-order chi connectivity index (χ1) is 11.7. The molecule has 1 aromatic carbocycles. The number of alkyl carbamates (subject to hydrolysis) is 1. The number of hydrogen-bond donors (Lipinski definition) is 1. The molecule has 1 aliphatic heterocycles. The molecule has 0 bridgehead atoms. The summed E-state index contributed by atoms with van der Waals surface area (Å²) in [6.07, 6.45) is 3.69. The summed E-state index contributed by atoms with van der Waals surface area (Å²) in [6.45, 7) is 10.1. The van der Waals surface area contributed by atoms with E-state index < -0.39 is 11.7 Å². The van der Waals surface area contributed by atoms with Gasteiger partial charge in [-0.05, 0) is 44.7 Å². The smallest absolute Gasteiger partial charge is 0.408 e. The second-order valence-electron chi connectivity index (χ2n) is 7.64. The van der Waals surface area contributed by atoms with Gasteiger partial charge >= 0.3 is 6.09 Å². The highest BCUT2D eigenvalue weighted by Crippen LogP contribution is 2.27. The van der Waals surface area contributed by atoms with Gasteiger partial charge in [-0.15, -0.1) is 0 Å². The number of carbonyl (C=O) groups is 2. The maximum atomic E-state index is 12.5. The lowest BCUT2D eigenvalue weighted by atomic mass is 10.0.